The van der Waals surface area contributed by atoms with E-state index in [1.165, 1.54) is 289 Å². The van der Waals surface area contributed by atoms with Gasteiger partial charge in [-0.25, -0.2) is 15.6 Å². The van der Waals surface area contributed by atoms with E-state index in [2.05, 4.69) is 20.8 Å². The Kier molecular flexibility index (Phi) is 64.4. The Labute approximate surface area is 445 Å². The standard InChI is InChI=1S/3C20H44NO.H3O4P/c3*1-4-6-7-8-9-10-11-12-13-14-15-16-17-18-19-20-21(3,22)5-2;1-5(2,3)4/h3*22H,4-20H2,1-3H3;(H3,1,2,3,4)/q3*+1;/p-3. The number of unbranched alkanes of at least 4 members (excludes halogenated alkanes) is 42. The average molecular weight is 1040 g/mol. The van der Waals surface area contributed by atoms with Crippen LogP contribution in [-0.2, 0) is 4.57 Å². The van der Waals surface area contributed by atoms with E-state index in [0.29, 0.717) is 0 Å². The number of quaternary nitrogens is 3. The minimum atomic E-state index is -5.39. The lowest BCUT2D eigenvalue weighted by Gasteiger charge is -2.36. The molecule has 3 atom stereocenters. The van der Waals surface area contributed by atoms with Gasteiger partial charge in [0.2, 0.25) is 0 Å². The molecule has 0 aromatic rings. The zero-order chi connectivity index (χ0) is 54.1. The van der Waals surface area contributed by atoms with Crippen LogP contribution in [-0.4, -0.2) is 90.0 Å². The Morgan fingerprint density at radius 3 is 0.451 bits per heavy atom. The summed E-state index contributed by atoms with van der Waals surface area (Å²) >= 11 is 0. The van der Waals surface area contributed by atoms with Crippen LogP contribution in [0.15, 0.2) is 0 Å². The van der Waals surface area contributed by atoms with E-state index < -0.39 is 7.82 Å². The summed E-state index contributed by atoms with van der Waals surface area (Å²) in [4.78, 5) is 25.6. The van der Waals surface area contributed by atoms with Gasteiger partial charge in [-0.1, -0.05) is 271 Å². The largest absolute Gasteiger partial charge is 0.822 e. The van der Waals surface area contributed by atoms with Gasteiger partial charge in [-0.2, -0.15) is 21.8 Å². The van der Waals surface area contributed by atoms with E-state index in [9.17, 15) is 15.6 Å². The molecule has 0 aromatic carbocycles. The number of phosphoric acid groups is 1. The summed E-state index contributed by atoms with van der Waals surface area (Å²) < 4.78 is 9.13. The number of hydroxylamine groups is 9. The minimum absolute atomic E-state index is 0.193. The predicted molar refractivity (Wildman–Crippen MR) is 303 cm³/mol. The third kappa shape index (κ3) is 81.4. The first kappa shape index (κ1) is 77.4. The summed E-state index contributed by atoms with van der Waals surface area (Å²) in [7, 11) is 0.331. The Balaban J connectivity index is -0.000000451. The smallest absolute Gasteiger partial charge is 0.108 e. The highest BCUT2D eigenvalue weighted by molar-refractivity contribution is 7.40. The van der Waals surface area contributed by atoms with Crippen molar-refractivity contribution in [2.45, 2.75) is 330 Å². The molecule has 0 saturated carbocycles. The zero-order valence-corrected chi connectivity index (χ0v) is 50.7. The van der Waals surface area contributed by atoms with Crippen LogP contribution in [0.2, 0.25) is 0 Å². The maximum absolute atomic E-state index is 9.86. The molecule has 0 amide bonds. The van der Waals surface area contributed by atoms with Crippen LogP contribution in [0.4, 0.5) is 0 Å². The molecule has 10 nitrogen and oxygen atoms in total. The molecule has 0 heterocycles. The van der Waals surface area contributed by atoms with Crippen LogP contribution in [0.1, 0.15) is 330 Å². The second-order valence-electron chi connectivity index (χ2n) is 22.4. The van der Waals surface area contributed by atoms with Crippen molar-refractivity contribution in [2.75, 3.05) is 60.4 Å². The summed E-state index contributed by atoms with van der Waals surface area (Å²) in [5.41, 5.74) is 0. The summed E-state index contributed by atoms with van der Waals surface area (Å²) in [6, 6.07) is 0. The molecular formula is C60H132N3O7P. The van der Waals surface area contributed by atoms with Crippen molar-refractivity contribution in [3.8, 4) is 0 Å². The molecule has 3 N–H and O–H groups in total. The molecule has 0 rings (SSSR count). The van der Waals surface area contributed by atoms with Gasteiger partial charge < -0.3 is 19.2 Å². The molecule has 0 spiro atoms. The van der Waals surface area contributed by atoms with E-state index in [0.717, 1.165) is 39.3 Å². The fourth-order valence-electron chi connectivity index (χ4n) is 8.95. The number of rotatable bonds is 51. The van der Waals surface area contributed by atoms with E-state index >= 15 is 0 Å². The van der Waals surface area contributed by atoms with E-state index in [-0.39, 0.29) is 13.9 Å². The molecule has 0 aliphatic heterocycles. The fraction of sp³-hybridized carbons (Fsp3) is 1.00. The van der Waals surface area contributed by atoms with Crippen molar-refractivity contribution in [1.82, 2.24) is 0 Å². The molecule has 0 aromatic heterocycles. The Hall–Kier alpha value is -0.130. The quantitative estimate of drug-likeness (QED) is 0.0238. The summed E-state index contributed by atoms with van der Waals surface area (Å²) in [5.74, 6) is 0. The van der Waals surface area contributed by atoms with Gasteiger partial charge in [0, 0.05) is 0 Å². The summed E-state index contributed by atoms with van der Waals surface area (Å²) in [6.45, 7) is 18.2. The van der Waals surface area contributed by atoms with Crippen molar-refractivity contribution in [2.24, 2.45) is 0 Å². The number of hydrogen-bond acceptors (Lipinski definition) is 7. The third-order valence-electron chi connectivity index (χ3n) is 14.8. The maximum Gasteiger partial charge on any atom is 0.108 e. The van der Waals surface area contributed by atoms with Crippen molar-refractivity contribution in [1.29, 1.82) is 0 Å². The van der Waals surface area contributed by atoms with Crippen LogP contribution in [0, 0.1) is 0 Å². The lowest BCUT2D eigenvalue weighted by molar-refractivity contribution is -1.09. The van der Waals surface area contributed by atoms with Gasteiger partial charge in [-0.15, -0.1) is 0 Å². The Morgan fingerprint density at radius 1 is 0.254 bits per heavy atom. The molecule has 3 unspecified atom stereocenters. The van der Waals surface area contributed by atoms with Crippen LogP contribution >= 0.6 is 7.82 Å². The zero-order valence-electron chi connectivity index (χ0n) is 49.8. The van der Waals surface area contributed by atoms with E-state index in [1.807, 2.05) is 41.9 Å². The lowest BCUT2D eigenvalue weighted by Crippen LogP contribution is -2.40. The molecule has 0 fully saturated rings. The van der Waals surface area contributed by atoms with Crippen LogP contribution < -0.4 is 14.7 Å². The van der Waals surface area contributed by atoms with E-state index in [4.69, 9.17) is 19.2 Å². The van der Waals surface area contributed by atoms with Gasteiger partial charge in [-0.3, -0.25) is 0 Å². The van der Waals surface area contributed by atoms with Gasteiger partial charge in [0.1, 0.15) is 39.3 Å². The molecule has 11 heteroatoms. The highest BCUT2D eigenvalue weighted by Gasteiger charge is 2.15. The first-order chi connectivity index (χ1) is 33.9. The molecule has 434 valence electrons. The van der Waals surface area contributed by atoms with Gasteiger partial charge in [0.05, 0.1) is 21.1 Å². The molecule has 0 saturated heterocycles. The monoisotopic (exact) mass is 1040 g/mol. The van der Waals surface area contributed by atoms with Gasteiger partial charge >= 0.3 is 0 Å². The average Bonchev–Trinajstić information content (AvgIpc) is 3.32. The number of hydrogen-bond donors (Lipinski definition) is 3. The Bertz CT molecular complexity index is 912. The second-order valence-corrected chi connectivity index (χ2v) is 23.3. The molecule has 0 aliphatic rings. The van der Waals surface area contributed by atoms with E-state index in [1.54, 1.807) is 0 Å². The van der Waals surface area contributed by atoms with Gasteiger partial charge in [0.25, 0.3) is 0 Å². The third-order valence-corrected chi connectivity index (χ3v) is 14.8. The molecule has 71 heavy (non-hydrogen) atoms. The summed E-state index contributed by atoms with van der Waals surface area (Å²) in [6.07, 6.45) is 62.9. The predicted octanol–water partition coefficient (Wildman–Crippen LogP) is 17.3. The van der Waals surface area contributed by atoms with Crippen LogP contribution in [0.3, 0.4) is 0 Å². The molecule has 0 radical (unpaired) electrons. The fourth-order valence-corrected chi connectivity index (χ4v) is 8.95. The van der Waals surface area contributed by atoms with Crippen LogP contribution in [0.25, 0.3) is 0 Å². The highest BCUT2D eigenvalue weighted by Crippen LogP contribution is 2.17. The highest BCUT2D eigenvalue weighted by atomic mass is 31.2. The lowest BCUT2D eigenvalue weighted by atomic mass is 10.0. The van der Waals surface area contributed by atoms with Crippen LogP contribution in [0.5, 0.6) is 0 Å². The topological polar surface area (TPSA) is 147 Å². The molecule has 0 bridgehead atoms. The second kappa shape index (κ2) is 59.1. The minimum Gasteiger partial charge on any atom is -0.822 e. The molecular weight excluding hydrogens is 906 g/mol. The number of nitrogens with zero attached hydrogens (tertiary/aromatic N) is 3. The normalized spacial score (nSPS) is 14.0. The van der Waals surface area contributed by atoms with Crippen molar-refractivity contribution in [3.05, 3.63) is 0 Å². The first-order valence-corrected chi connectivity index (χ1v) is 32.8. The Morgan fingerprint density at radius 2 is 0.352 bits per heavy atom. The molecule has 0 aliphatic carbocycles. The van der Waals surface area contributed by atoms with Crippen molar-refractivity contribution in [3.63, 3.8) is 0 Å². The van der Waals surface area contributed by atoms with Gasteiger partial charge in [-0.05, 0) is 59.3 Å². The summed E-state index contributed by atoms with van der Waals surface area (Å²) in [5, 5.41) is 29.6. The first-order valence-electron chi connectivity index (χ1n) is 31.3. The van der Waals surface area contributed by atoms with Crippen molar-refractivity contribution < 1.29 is 48.8 Å². The van der Waals surface area contributed by atoms with Crippen molar-refractivity contribution >= 4 is 7.82 Å². The van der Waals surface area contributed by atoms with Gasteiger partial charge in [0.15, 0.2) is 0 Å². The SMILES string of the molecule is CCCCCCCCCCCCCCCCC[N+](C)(O)CC.CCCCCCCCCCCCCCCCC[N+](C)(O)CC.CCCCCCCCCCCCCCCCC[N+](C)(O)CC.O=P([O-])([O-])[O-]. The maximum atomic E-state index is 9.86.